The molecule has 1 heterocycles. The highest BCUT2D eigenvalue weighted by Gasteiger charge is 2.40. The Bertz CT molecular complexity index is 880. The quantitative estimate of drug-likeness (QED) is 0.660. The number of nitrogens with one attached hydrogen (secondary N) is 1. The highest BCUT2D eigenvalue weighted by molar-refractivity contribution is 6.32. The summed E-state index contributed by atoms with van der Waals surface area (Å²) in [6, 6.07) is 9.90. The summed E-state index contributed by atoms with van der Waals surface area (Å²) < 4.78 is 13.0. The third-order valence-electron chi connectivity index (χ3n) is 3.53. The predicted molar refractivity (Wildman–Crippen MR) is 87.2 cm³/mol. The summed E-state index contributed by atoms with van der Waals surface area (Å²) in [6.07, 6.45) is 1.05. The maximum absolute atomic E-state index is 13.0. The Hall–Kier alpha value is -3.55. The SMILES string of the molecule is O=C1NC(=O)N(c2ccc(F)cc2)C(=O)C1C=Nc1ccccc1O. The maximum Gasteiger partial charge on any atom is 0.335 e. The molecule has 0 aromatic heterocycles. The molecule has 7 nitrogen and oxygen atoms in total. The first kappa shape index (κ1) is 16.3. The number of benzene rings is 2. The van der Waals surface area contributed by atoms with E-state index < -0.39 is 29.6 Å². The van der Waals surface area contributed by atoms with E-state index in [2.05, 4.69) is 10.3 Å². The van der Waals surface area contributed by atoms with Gasteiger partial charge in [-0.05, 0) is 36.4 Å². The van der Waals surface area contributed by atoms with Crippen LogP contribution in [0.15, 0.2) is 53.5 Å². The molecule has 0 radical (unpaired) electrons. The van der Waals surface area contributed by atoms with E-state index in [-0.39, 0.29) is 17.1 Å². The highest BCUT2D eigenvalue weighted by Crippen LogP contribution is 2.26. The van der Waals surface area contributed by atoms with Crippen LogP contribution in [0, 0.1) is 11.7 Å². The van der Waals surface area contributed by atoms with Gasteiger partial charge in [-0.1, -0.05) is 12.1 Å². The van der Waals surface area contributed by atoms with Crippen molar-refractivity contribution in [1.29, 1.82) is 0 Å². The van der Waals surface area contributed by atoms with Crippen molar-refractivity contribution in [3.63, 3.8) is 0 Å². The van der Waals surface area contributed by atoms with Crippen LogP contribution in [0.2, 0.25) is 0 Å². The van der Waals surface area contributed by atoms with E-state index in [1.165, 1.54) is 24.3 Å². The van der Waals surface area contributed by atoms with Gasteiger partial charge < -0.3 is 5.11 Å². The van der Waals surface area contributed by atoms with Gasteiger partial charge in [0.15, 0.2) is 5.92 Å². The lowest BCUT2D eigenvalue weighted by atomic mass is 10.1. The minimum atomic E-state index is -1.36. The van der Waals surface area contributed by atoms with Crippen molar-refractivity contribution < 1.29 is 23.9 Å². The Labute approximate surface area is 141 Å². The summed E-state index contributed by atoms with van der Waals surface area (Å²) in [7, 11) is 0. The van der Waals surface area contributed by atoms with Crippen LogP contribution in [-0.4, -0.2) is 29.2 Å². The number of carbonyl (C=O) groups excluding carboxylic acids is 3. The molecule has 126 valence electrons. The lowest BCUT2D eigenvalue weighted by Crippen LogP contribution is -2.58. The number of hydrogen-bond acceptors (Lipinski definition) is 5. The standard InChI is InChI=1S/C17H12FN3O4/c18-10-5-7-11(8-6-10)21-16(24)12(15(23)20-17(21)25)9-19-13-3-1-2-4-14(13)22/h1-9,12,22H,(H,20,23,25). The molecule has 2 aromatic carbocycles. The van der Waals surface area contributed by atoms with Crippen molar-refractivity contribution in [3.05, 3.63) is 54.3 Å². The van der Waals surface area contributed by atoms with Gasteiger partial charge >= 0.3 is 6.03 Å². The molecule has 3 rings (SSSR count). The summed E-state index contributed by atoms with van der Waals surface area (Å²) in [4.78, 5) is 41.1. The monoisotopic (exact) mass is 341 g/mol. The second-order valence-electron chi connectivity index (χ2n) is 5.19. The molecular weight excluding hydrogens is 329 g/mol. The second-order valence-corrected chi connectivity index (χ2v) is 5.19. The number of rotatable bonds is 3. The van der Waals surface area contributed by atoms with E-state index in [0.29, 0.717) is 0 Å². The minimum Gasteiger partial charge on any atom is -0.506 e. The highest BCUT2D eigenvalue weighted by atomic mass is 19.1. The Kier molecular flexibility index (Phi) is 4.25. The van der Waals surface area contributed by atoms with E-state index in [0.717, 1.165) is 23.2 Å². The van der Waals surface area contributed by atoms with Crippen molar-refractivity contribution >= 4 is 35.4 Å². The molecule has 0 aliphatic carbocycles. The summed E-state index contributed by atoms with van der Waals surface area (Å²) in [5.74, 6) is -3.65. The number of carbonyl (C=O) groups is 3. The zero-order valence-electron chi connectivity index (χ0n) is 12.7. The van der Waals surface area contributed by atoms with Crippen LogP contribution in [-0.2, 0) is 9.59 Å². The normalized spacial score (nSPS) is 17.9. The zero-order chi connectivity index (χ0) is 18.0. The first-order chi connectivity index (χ1) is 12.0. The minimum absolute atomic E-state index is 0.117. The van der Waals surface area contributed by atoms with Gasteiger partial charge in [0.1, 0.15) is 17.3 Å². The van der Waals surface area contributed by atoms with Crippen LogP contribution < -0.4 is 10.2 Å². The molecule has 8 heteroatoms. The number of nitrogens with zero attached hydrogens (tertiary/aromatic N) is 2. The molecule has 1 aliphatic heterocycles. The summed E-state index contributed by atoms with van der Waals surface area (Å²) in [5.41, 5.74) is 0.297. The van der Waals surface area contributed by atoms with Crippen LogP contribution in [0.5, 0.6) is 5.75 Å². The van der Waals surface area contributed by atoms with Crippen molar-refractivity contribution in [2.75, 3.05) is 4.90 Å². The number of imide groups is 2. The Morgan fingerprint density at radius 3 is 2.44 bits per heavy atom. The Balaban J connectivity index is 1.90. The van der Waals surface area contributed by atoms with Crippen LogP contribution in [0.3, 0.4) is 0 Å². The number of urea groups is 1. The van der Waals surface area contributed by atoms with Crippen molar-refractivity contribution in [2.24, 2.45) is 10.9 Å². The first-order valence-electron chi connectivity index (χ1n) is 7.24. The number of phenolic OH excluding ortho intramolecular Hbond substituents is 1. The van der Waals surface area contributed by atoms with E-state index in [1.807, 2.05) is 0 Å². The number of halogens is 1. The van der Waals surface area contributed by atoms with Gasteiger partial charge in [0.05, 0.1) is 5.69 Å². The van der Waals surface area contributed by atoms with Gasteiger partial charge in [-0.2, -0.15) is 0 Å². The number of barbiturate groups is 1. The molecule has 2 aromatic rings. The van der Waals surface area contributed by atoms with Gasteiger partial charge in [0, 0.05) is 6.21 Å². The van der Waals surface area contributed by atoms with Crippen molar-refractivity contribution in [1.82, 2.24) is 5.32 Å². The van der Waals surface area contributed by atoms with Gasteiger partial charge in [0.25, 0.3) is 5.91 Å². The molecule has 0 bridgehead atoms. The van der Waals surface area contributed by atoms with Crippen LogP contribution >= 0.6 is 0 Å². The fourth-order valence-electron chi connectivity index (χ4n) is 2.28. The third kappa shape index (κ3) is 3.23. The van der Waals surface area contributed by atoms with Gasteiger partial charge in [-0.25, -0.2) is 14.1 Å². The average molecular weight is 341 g/mol. The fourth-order valence-corrected chi connectivity index (χ4v) is 2.28. The van der Waals surface area contributed by atoms with Gasteiger partial charge in [0.2, 0.25) is 5.91 Å². The zero-order valence-corrected chi connectivity index (χ0v) is 12.7. The van der Waals surface area contributed by atoms with Crippen LogP contribution in [0.4, 0.5) is 20.6 Å². The topological polar surface area (TPSA) is 99.1 Å². The van der Waals surface area contributed by atoms with Crippen LogP contribution in [0.25, 0.3) is 0 Å². The molecule has 1 aliphatic rings. The number of aromatic hydroxyl groups is 1. The number of phenols is 1. The lowest BCUT2D eigenvalue weighted by Gasteiger charge is -2.28. The van der Waals surface area contributed by atoms with Gasteiger partial charge in [-0.15, -0.1) is 0 Å². The van der Waals surface area contributed by atoms with Gasteiger partial charge in [-0.3, -0.25) is 19.9 Å². The van der Waals surface area contributed by atoms with Crippen LogP contribution in [0.1, 0.15) is 0 Å². The molecule has 2 N–H and O–H groups in total. The number of amides is 4. The molecule has 4 amide bonds. The lowest BCUT2D eigenvalue weighted by molar-refractivity contribution is -0.131. The second kappa shape index (κ2) is 6.52. The number of aliphatic imine (C=N–C) groups is 1. The van der Waals surface area contributed by atoms with Crippen molar-refractivity contribution in [2.45, 2.75) is 0 Å². The Morgan fingerprint density at radius 1 is 1.08 bits per heavy atom. The molecule has 25 heavy (non-hydrogen) atoms. The molecule has 1 unspecified atom stereocenters. The molecule has 0 saturated carbocycles. The summed E-state index contributed by atoms with van der Waals surface area (Å²) in [5, 5.41) is 11.7. The number of para-hydroxylation sites is 2. The predicted octanol–water partition coefficient (Wildman–Crippen LogP) is 2.13. The smallest absolute Gasteiger partial charge is 0.335 e. The molecule has 1 fully saturated rings. The Morgan fingerprint density at radius 2 is 1.76 bits per heavy atom. The van der Waals surface area contributed by atoms with E-state index in [9.17, 15) is 23.9 Å². The third-order valence-corrected chi connectivity index (χ3v) is 3.53. The molecule has 0 spiro atoms. The number of anilines is 1. The molecule has 1 saturated heterocycles. The molecule has 1 atom stereocenters. The van der Waals surface area contributed by atoms with E-state index in [4.69, 9.17) is 0 Å². The maximum atomic E-state index is 13.0. The summed E-state index contributed by atoms with van der Waals surface area (Å²) >= 11 is 0. The van der Waals surface area contributed by atoms with E-state index in [1.54, 1.807) is 12.1 Å². The molecular formula is C17H12FN3O4. The summed E-state index contributed by atoms with van der Waals surface area (Å²) in [6.45, 7) is 0. The van der Waals surface area contributed by atoms with E-state index >= 15 is 0 Å². The largest absolute Gasteiger partial charge is 0.506 e. The number of hydrogen-bond donors (Lipinski definition) is 2. The fraction of sp³-hybridized carbons (Fsp3) is 0.0588. The van der Waals surface area contributed by atoms with Crippen molar-refractivity contribution in [3.8, 4) is 5.75 Å². The average Bonchev–Trinajstić information content (AvgIpc) is 2.57. The first-order valence-corrected chi connectivity index (χ1v) is 7.24.